The smallest absolute Gasteiger partial charge is 0.338 e. The Morgan fingerprint density at radius 2 is 2.19 bits per heavy atom. The molecule has 112 valence electrons. The summed E-state index contributed by atoms with van der Waals surface area (Å²) in [6.45, 7) is -0.0542. The first-order valence-corrected chi connectivity index (χ1v) is 8.56. The van der Waals surface area contributed by atoms with Crippen molar-refractivity contribution in [3.63, 3.8) is 0 Å². The van der Waals surface area contributed by atoms with Crippen LogP contribution < -0.4 is 4.72 Å². The maximum absolute atomic E-state index is 14.0. The molecule has 0 fully saturated rings. The van der Waals surface area contributed by atoms with Gasteiger partial charge in [-0.05, 0) is 12.1 Å². The number of sulfonamides is 1. The Hall–Kier alpha value is -1.36. The van der Waals surface area contributed by atoms with Gasteiger partial charge in [-0.2, -0.15) is 0 Å². The monoisotopic (exact) mass is 394 g/mol. The third-order valence-electron chi connectivity index (χ3n) is 2.44. The number of carboxylic acid groups (broad SMARTS) is 1. The molecule has 0 unspecified atom stereocenters. The summed E-state index contributed by atoms with van der Waals surface area (Å²) in [7, 11) is -4.18. The molecule has 0 aliphatic carbocycles. The highest BCUT2D eigenvalue weighted by Gasteiger charge is 2.25. The van der Waals surface area contributed by atoms with Gasteiger partial charge in [0.2, 0.25) is 10.0 Å². The first-order chi connectivity index (χ1) is 9.81. The molecule has 1 aromatic heterocycles. The van der Waals surface area contributed by atoms with Gasteiger partial charge in [0, 0.05) is 22.1 Å². The van der Waals surface area contributed by atoms with Gasteiger partial charge >= 0.3 is 5.97 Å². The molecule has 10 heteroatoms. The minimum absolute atomic E-state index is 0.0542. The van der Waals surface area contributed by atoms with Crippen LogP contribution in [0.1, 0.15) is 15.2 Å². The maximum Gasteiger partial charge on any atom is 0.338 e. The Morgan fingerprint density at radius 3 is 2.76 bits per heavy atom. The fourth-order valence-corrected chi connectivity index (χ4v) is 3.85. The van der Waals surface area contributed by atoms with E-state index in [1.54, 1.807) is 0 Å². The molecule has 2 rings (SSSR count). The van der Waals surface area contributed by atoms with Crippen LogP contribution in [0.2, 0.25) is 0 Å². The number of hydrogen-bond donors (Lipinski definition) is 2. The molecule has 0 aliphatic heterocycles. The number of benzene rings is 1. The molecule has 0 atom stereocenters. The van der Waals surface area contributed by atoms with E-state index < -0.39 is 32.3 Å². The number of nitrogens with one attached hydrogen (secondary N) is 1. The summed E-state index contributed by atoms with van der Waals surface area (Å²) in [6, 6.07) is 2.01. The van der Waals surface area contributed by atoms with E-state index in [0.29, 0.717) is 4.88 Å². The number of nitrogens with zero attached hydrogens (tertiary/aromatic N) is 1. The van der Waals surface area contributed by atoms with Gasteiger partial charge in [-0.15, -0.1) is 11.3 Å². The second-order valence-corrected chi connectivity index (χ2v) is 7.48. The summed E-state index contributed by atoms with van der Waals surface area (Å²) in [5.74, 6) is -2.85. The predicted molar refractivity (Wildman–Crippen MR) is 77.2 cm³/mol. The van der Waals surface area contributed by atoms with Crippen LogP contribution in [0.5, 0.6) is 0 Å². The molecule has 1 heterocycles. The summed E-state index contributed by atoms with van der Waals surface area (Å²) < 4.78 is 40.6. The van der Waals surface area contributed by atoms with Crippen LogP contribution in [-0.4, -0.2) is 24.5 Å². The van der Waals surface area contributed by atoms with Gasteiger partial charge in [-0.3, -0.25) is 4.98 Å². The van der Waals surface area contributed by atoms with Crippen molar-refractivity contribution in [2.75, 3.05) is 0 Å². The molecule has 0 radical (unpaired) electrons. The highest BCUT2D eigenvalue weighted by molar-refractivity contribution is 9.10. The van der Waals surface area contributed by atoms with Gasteiger partial charge < -0.3 is 5.11 Å². The molecule has 21 heavy (non-hydrogen) atoms. The molecule has 0 aliphatic rings. The van der Waals surface area contributed by atoms with E-state index >= 15 is 0 Å². The lowest BCUT2D eigenvalue weighted by molar-refractivity contribution is 0.0691. The fourth-order valence-electron chi connectivity index (χ4n) is 1.49. The molecule has 2 aromatic rings. The zero-order chi connectivity index (χ0) is 15.6. The third-order valence-corrected chi connectivity index (χ3v) is 5.08. The van der Waals surface area contributed by atoms with Crippen LogP contribution in [0.15, 0.2) is 33.2 Å². The number of thiazole rings is 1. The molecule has 2 N–H and O–H groups in total. The zero-order valence-electron chi connectivity index (χ0n) is 10.2. The molecule has 6 nitrogen and oxygen atoms in total. The second-order valence-electron chi connectivity index (χ2n) is 3.86. The second kappa shape index (κ2) is 6.18. The third kappa shape index (κ3) is 3.64. The lowest BCUT2D eigenvalue weighted by Crippen LogP contribution is -2.24. The summed E-state index contributed by atoms with van der Waals surface area (Å²) in [4.78, 5) is 14.6. The lowest BCUT2D eigenvalue weighted by atomic mass is 10.2. The van der Waals surface area contributed by atoms with Crippen LogP contribution in [0.4, 0.5) is 4.39 Å². The first-order valence-electron chi connectivity index (χ1n) is 5.40. The van der Waals surface area contributed by atoms with Gasteiger partial charge in [0.05, 0.1) is 11.1 Å². The van der Waals surface area contributed by atoms with E-state index in [0.717, 1.165) is 12.1 Å². The maximum atomic E-state index is 14.0. The number of aromatic nitrogens is 1. The Kier molecular flexibility index (Phi) is 4.71. The standard InChI is InChI=1S/C11H8BrFN2O4S2/c12-6-1-8(11(16)17)10(13)9(2-6)21(18,19)15-4-7-3-14-5-20-7/h1-3,5,15H,4H2,(H,16,17). The quantitative estimate of drug-likeness (QED) is 0.810. The van der Waals surface area contributed by atoms with Crippen LogP contribution in [0.25, 0.3) is 0 Å². The molecular formula is C11H8BrFN2O4S2. The lowest BCUT2D eigenvalue weighted by Gasteiger charge is -2.09. The van der Waals surface area contributed by atoms with Crippen molar-refractivity contribution in [2.24, 2.45) is 0 Å². The van der Waals surface area contributed by atoms with Crippen LogP contribution in [-0.2, 0) is 16.6 Å². The Morgan fingerprint density at radius 1 is 1.48 bits per heavy atom. The Labute approximate surface area is 131 Å². The number of aromatic carboxylic acids is 1. The van der Waals surface area contributed by atoms with Crippen LogP contribution in [0, 0.1) is 5.82 Å². The Balaban J connectivity index is 2.37. The fraction of sp³-hybridized carbons (Fsp3) is 0.0909. The summed E-state index contributed by atoms with van der Waals surface area (Å²) in [5, 5.41) is 8.88. The van der Waals surface area contributed by atoms with E-state index in [1.807, 2.05) is 0 Å². The highest BCUT2D eigenvalue weighted by Crippen LogP contribution is 2.24. The first kappa shape index (κ1) is 16.0. The average Bonchev–Trinajstić information content (AvgIpc) is 2.91. The van der Waals surface area contributed by atoms with Gasteiger partial charge in [0.15, 0.2) is 5.82 Å². The average molecular weight is 395 g/mol. The van der Waals surface area contributed by atoms with Gasteiger partial charge in [0.1, 0.15) is 4.90 Å². The van der Waals surface area contributed by atoms with Gasteiger partial charge in [-0.25, -0.2) is 22.3 Å². The molecule has 0 bridgehead atoms. The molecular weight excluding hydrogens is 387 g/mol. The van der Waals surface area contributed by atoms with Crippen molar-refractivity contribution in [3.05, 3.63) is 44.6 Å². The van der Waals surface area contributed by atoms with Crippen molar-refractivity contribution in [2.45, 2.75) is 11.4 Å². The van der Waals surface area contributed by atoms with Crippen molar-refractivity contribution in [3.8, 4) is 0 Å². The summed E-state index contributed by atoms with van der Waals surface area (Å²) >= 11 is 4.21. The molecule has 0 saturated heterocycles. The largest absolute Gasteiger partial charge is 0.478 e. The van der Waals surface area contributed by atoms with Crippen molar-refractivity contribution >= 4 is 43.3 Å². The van der Waals surface area contributed by atoms with Gasteiger partial charge in [0.25, 0.3) is 0 Å². The van der Waals surface area contributed by atoms with E-state index in [9.17, 15) is 17.6 Å². The molecule has 0 spiro atoms. The van der Waals surface area contributed by atoms with Crippen molar-refractivity contribution < 1.29 is 22.7 Å². The predicted octanol–water partition coefficient (Wildman–Crippen LogP) is 2.22. The van der Waals surface area contributed by atoms with Gasteiger partial charge in [-0.1, -0.05) is 15.9 Å². The zero-order valence-corrected chi connectivity index (χ0v) is 13.4. The number of carboxylic acids is 1. The SMILES string of the molecule is O=C(O)c1cc(Br)cc(S(=O)(=O)NCc2cncs2)c1F. The minimum Gasteiger partial charge on any atom is -0.478 e. The van der Waals surface area contributed by atoms with E-state index in [4.69, 9.17) is 5.11 Å². The van der Waals surface area contributed by atoms with Crippen LogP contribution >= 0.6 is 27.3 Å². The minimum atomic E-state index is -4.18. The topological polar surface area (TPSA) is 96.4 Å². The normalized spacial score (nSPS) is 11.5. The molecule has 0 saturated carbocycles. The van der Waals surface area contributed by atoms with E-state index in [-0.39, 0.29) is 11.0 Å². The number of carbonyl (C=O) groups is 1. The van der Waals surface area contributed by atoms with E-state index in [2.05, 4.69) is 25.6 Å². The summed E-state index contributed by atoms with van der Waals surface area (Å²) in [5.41, 5.74) is 0.814. The van der Waals surface area contributed by atoms with Crippen molar-refractivity contribution in [1.82, 2.24) is 9.71 Å². The highest BCUT2D eigenvalue weighted by atomic mass is 79.9. The van der Waals surface area contributed by atoms with Crippen LogP contribution in [0.3, 0.4) is 0 Å². The number of halogens is 2. The summed E-state index contributed by atoms with van der Waals surface area (Å²) in [6.07, 6.45) is 1.48. The number of hydrogen-bond acceptors (Lipinski definition) is 5. The Bertz CT molecular complexity index is 778. The van der Waals surface area contributed by atoms with Crippen molar-refractivity contribution in [1.29, 1.82) is 0 Å². The molecule has 0 amide bonds. The van der Waals surface area contributed by atoms with E-state index in [1.165, 1.54) is 23.0 Å². The molecule has 1 aromatic carbocycles. The number of rotatable bonds is 5.